The van der Waals surface area contributed by atoms with E-state index in [1.165, 1.54) is 0 Å². The van der Waals surface area contributed by atoms with Crippen LogP contribution in [0.1, 0.15) is 20.3 Å². The number of amides is 3. The Balaban J connectivity index is 4.94. The van der Waals surface area contributed by atoms with E-state index in [0.717, 1.165) is 0 Å². The van der Waals surface area contributed by atoms with Crippen LogP contribution < -0.4 is 21.7 Å². The zero-order valence-corrected chi connectivity index (χ0v) is 16.0. The number of carboxylic acid groups (broad SMARTS) is 1. The fourth-order valence-corrected chi connectivity index (χ4v) is 2.24. The molecule has 0 radical (unpaired) electrons. The summed E-state index contributed by atoms with van der Waals surface area (Å²) in [7, 11) is 0. The summed E-state index contributed by atoms with van der Waals surface area (Å²) in [5.74, 6) is -2.78. The summed E-state index contributed by atoms with van der Waals surface area (Å²) in [6.07, 6.45) is 0.340. The molecule has 0 rings (SSSR count). The van der Waals surface area contributed by atoms with Gasteiger partial charge in [0.25, 0.3) is 0 Å². The van der Waals surface area contributed by atoms with Gasteiger partial charge in [-0.25, -0.2) is 0 Å². The summed E-state index contributed by atoms with van der Waals surface area (Å²) in [4.78, 5) is 46.7. The zero-order valence-electron chi connectivity index (χ0n) is 14.2. The second kappa shape index (κ2) is 12.0. The standard InChI is InChI=1S/C14H26N4O5S2/c1-7(2)3-9(17-12(21)8(15)5-24)14(23)18-10(6-25)13(22)16-4-11(19)20/h7-10,24-25H,3-6,15H2,1-2H3,(H,16,22)(H,17,21)(H,18,23)(H,19,20). The topological polar surface area (TPSA) is 151 Å². The molecule has 0 heterocycles. The maximum Gasteiger partial charge on any atom is 0.322 e. The Labute approximate surface area is 157 Å². The summed E-state index contributed by atoms with van der Waals surface area (Å²) in [5, 5.41) is 15.7. The van der Waals surface area contributed by atoms with Gasteiger partial charge in [0.15, 0.2) is 0 Å². The highest BCUT2D eigenvalue weighted by Gasteiger charge is 2.27. The van der Waals surface area contributed by atoms with Crippen molar-refractivity contribution in [3.63, 3.8) is 0 Å². The lowest BCUT2D eigenvalue weighted by atomic mass is 10.0. The molecule has 0 aliphatic carbocycles. The van der Waals surface area contributed by atoms with Gasteiger partial charge in [-0.3, -0.25) is 19.2 Å². The first-order valence-corrected chi connectivity index (χ1v) is 8.96. The molecule has 0 saturated carbocycles. The molecule has 6 N–H and O–H groups in total. The van der Waals surface area contributed by atoms with E-state index in [0.29, 0.717) is 6.42 Å². The van der Waals surface area contributed by atoms with E-state index in [4.69, 9.17) is 10.8 Å². The third kappa shape index (κ3) is 9.56. The molecule has 3 amide bonds. The van der Waals surface area contributed by atoms with Gasteiger partial charge in [0.05, 0.1) is 6.04 Å². The SMILES string of the molecule is CC(C)CC(NC(=O)C(N)CS)C(=O)NC(CS)C(=O)NCC(=O)O. The minimum absolute atomic E-state index is 0.0321. The molecule has 25 heavy (non-hydrogen) atoms. The van der Waals surface area contributed by atoms with Gasteiger partial charge in [-0.2, -0.15) is 25.3 Å². The first kappa shape index (κ1) is 23.5. The first-order valence-electron chi connectivity index (χ1n) is 7.69. The van der Waals surface area contributed by atoms with Gasteiger partial charge < -0.3 is 26.8 Å². The number of carbonyl (C=O) groups excluding carboxylic acids is 3. The van der Waals surface area contributed by atoms with E-state index in [2.05, 4.69) is 41.2 Å². The number of hydrogen-bond acceptors (Lipinski definition) is 7. The van der Waals surface area contributed by atoms with Gasteiger partial charge in [-0.05, 0) is 12.3 Å². The number of rotatable bonds is 11. The molecule has 0 aromatic rings. The minimum Gasteiger partial charge on any atom is -0.480 e. The number of nitrogens with two attached hydrogens (primary N) is 1. The number of nitrogens with one attached hydrogen (secondary N) is 3. The predicted molar refractivity (Wildman–Crippen MR) is 99.6 cm³/mol. The van der Waals surface area contributed by atoms with Crippen molar-refractivity contribution in [1.82, 2.24) is 16.0 Å². The molecule has 0 bridgehead atoms. The van der Waals surface area contributed by atoms with Gasteiger partial charge in [-0.15, -0.1) is 0 Å². The monoisotopic (exact) mass is 394 g/mol. The molecule has 144 valence electrons. The summed E-state index contributed by atoms with van der Waals surface area (Å²) < 4.78 is 0. The van der Waals surface area contributed by atoms with Gasteiger partial charge in [0.2, 0.25) is 17.7 Å². The summed E-state index contributed by atoms with van der Waals surface area (Å²) in [6.45, 7) is 3.18. The fraction of sp³-hybridized carbons (Fsp3) is 0.714. The average Bonchev–Trinajstić information content (AvgIpc) is 2.55. The second-order valence-corrected chi connectivity index (χ2v) is 6.57. The molecule has 9 nitrogen and oxygen atoms in total. The molecule has 0 aromatic carbocycles. The third-order valence-electron chi connectivity index (χ3n) is 3.10. The summed E-state index contributed by atoms with van der Waals surface area (Å²) >= 11 is 7.93. The normalized spacial score (nSPS) is 14.3. The Hall–Kier alpha value is -1.46. The van der Waals surface area contributed by atoms with Crippen molar-refractivity contribution < 1.29 is 24.3 Å². The van der Waals surface area contributed by atoms with Crippen molar-refractivity contribution in [2.75, 3.05) is 18.1 Å². The van der Waals surface area contributed by atoms with Crippen molar-refractivity contribution in [3.05, 3.63) is 0 Å². The van der Waals surface area contributed by atoms with Crippen LogP contribution in [0.3, 0.4) is 0 Å². The van der Waals surface area contributed by atoms with Gasteiger partial charge in [-0.1, -0.05) is 13.8 Å². The maximum absolute atomic E-state index is 12.4. The summed E-state index contributed by atoms with van der Waals surface area (Å²) in [6, 6.07) is -2.77. The molecule has 11 heteroatoms. The number of carbonyl (C=O) groups is 4. The van der Waals surface area contributed by atoms with E-state index in [9.17, 15) is 19.2 Å². The number of hydrogen-bond donors (Lipinski definition) is 7. The maximum atomic E-state index is 12.4. The molecule has 0 aliphatic rings. The number of aliphatic carboxylic acids is 1. The predicted octanol–water partition coefficient (Wildman–Crippen LogP) is -1.61. The second-order valence-electron chi connectivity index (χ2n) is 5.84. The minimum atomic E-state index is -1.21. The average molecular weight is 395 g/mol. The van der Waals surface area contributed by atoms with E-state index < -0.39 is 48.4 Å². The van der Waals surface area contributed by atoms with Crippen LogP contribution in [0.2, 0.25) is 0 Å². The van der Waals surface area contributed by atoms with Crippen LogP contribution >= 0.6 is 25.3 Å². The highest BCUT2D eigenvalue weighted by molar-refractivity contribution is 7.80. The van der Waals surface area contributed by atoms with Crippen molar-refractivity contribution in [2.24, 2.45) is 11.7 Å². The van der Waals surface area contributed by atoms with Crippen LogP contribution in [-0.4, -0.2) is 65.0 Å². The Morgan fingerprint density at radius 2 is 1.52 bits per heavy atom. The lowest BCUT2D eigenvalue weighted by molar-refractivity contribution is -0.138. The van der Waals surface area contributed by atoms with Gasteiger partial charge in [0, 0.05) is 11.5 Å². The molecule has 3 unspecified atom stereocenters. The third-order valence-corrected chi connectivity index (χ3v) is 3.86. The molecule has 0 aliphatic heterocycles. The number of carboxylic acids is 1. The van der Waals surface area contributed by atoms with Crippen LogP contribution in [0.5, 0.6) is 0 Å². The molecule has 0 aromatic heterocycles. The largest absolute Gasteiger partial charge is 0.480 e. The Morgan fingerprint density at radius 1 is 0.960 bits per heavy atom. The smallest absolute Gasteiger partial charge is 0.322 e. The highest BCUT2D eigenvalue weighted by atomic mass is 32.1. The molecular weight excluding hydrogens is 368 g/mol. The zero-order chi connectivity index (χ0) is 19.6. The summed E-state index contributed by atoms with van der Waals surface area (Å²) in [5.41, 5.74) is 5.59. The Morgan fingerprint density at radius 3 is 1.96 bits per heavy atom. The Kier molecular flexibility index (Phi) is 11.3. The van der Waals surface area contributed by atoms with E-state index in [1.807, 2.05) is 13.8 Å². The van der Waals surface area contributed by atoms with Gasteiger partial charge in [0.1, 0.15) is 18.6 Å². The van der Waals surface area contributed by atoms with Gasteiger partial charge >= 0.3 is 5.97 Å². The first-order chi connectivity index (χ1) is 11.6. The van der Waals surface area contributed by atoms with Crippen molar-refractivity contribution >= 4 is 48.9 Å². The quantitative estimate of drug-likeness (QED) is 0.210. The van der Waals surface area contributed by atoms with E-state index >= 15 is 0 Å². The molecule has 0 saturated heterocycles. The Bertz CT molecular complexity index is 490. The molecule has 3 atom stereocenters. The highest BCUT2D eigenvalue weighted by Crippen LogP contribution is 2.06. The van der Waals surface area contributed by atoms with Crippen LogP contribution in [-0.2, 0) is 19.2 Å². The van der Waals surface area contributed by atoms with Crippen LogP contribution in [0.15, 0.2) is 0 Å². The lowest BCUT2D eigenvalue weighted by Gasteiger charge is -2.24. The molecular formula is C14H26N4O5S2. The van der Waals surface area contributed by atoms with E-state index in [-0.39, 0.29) is 17.4 Å². The van der Waals surface area contributed by atoms with Crippen molar-refractivity contribution in [1.29, 1.82) is 0 Å². The number of thiol groups is 2. The lowest BCUT2D eigenvalue weighted by Crippen LogP contribution is -2.57. The van der Waals surface area contributed by atoms with E-state index in [1.54, 1.807) is 0 Å². The fourth-order valence-electron chi connectivity index (χ4n) is 1.82. The van der Waals surface area contributed by atoms with Crippen molar-refractivity contribution in [2.45, 2.75) is 38.4 Å². The van der Waals surface area contributed by atoms with Crippen LogP contribution in [0.25, 0.3) is 0 Å². The van der Waals surface area contributed by atoms with Crippen molar-refractivity contribution in [3.8, 4) is 0 Å². The molecule has 0 spiro atoms. The molecule has 0 fully saturated rings. The van der Waals surface area contributed by atoms with Crippen LogP contribution in [0, 0.1) is 5.92 Å². The van der Waals surface area contributed by atoms with Crippen LogP contribution in [0.4, 0.5) is 0 Å².